The second-order valence-electron chi connectivity index (χ2n) is 9.98. The topological polar surface area (TPSA) is 0 Å². The van der Waals surface area contributed by atoms with Gasteiger partial charge >= 0.3 is 0 Å². The molecule has 1 rings (SSSR count). The summed E-state index contributed by atoms with van der Waals surface area (Å²) in [5.74, 6) is 1.91. The van der Waals surface area contributed by atoms with Gasteiger partial charge in [-0.05, 0) is 35.0 Å². The van der Waals surface area contributed by atoms with E-state index in [0.29, 0.717) is 16.2 Å². The highest BCUT2D eigenvalue weighted by Gasteiger charge is 2.63. The molecule has 1 saturated carbocycles. The summed E-state index contributed by atoms with van der Waals surface area (Å²) in [6, 6.07) is 0. The van der Waals surface area contributed by atoms with Gasteiger partial charge in [0.15, 0.2) is 0 Å². The van der Waals surface area contributed by atoms with Crippen molar-refractivity contribution in [2.45, 2.75) is 125 Å². The number of hydrogen-bond donors (Lipinski definition) is 0. The van der Waals surface area contributed by atoms with Gasteiger partial charge in [-0.3, -0.25) is 0 Å². The van der Waals surface area contributed by atoms with Crippen molar-refractivity contribution < 1.29 is 0 Å². The van der Waals surface area contributed by atoms with E-state index in [1.807, 2.05) is 0 Å². The number of rotatable bonds is 13. The largest absolute Gasteiger partial charge is 0.106 e. The predicted molar refractivity (Wildman–Crippen MR) is 114 cm³/mol. The first-order valence-electron chi connectivity index (χ1n) is 11.2. The fourth-order valence-corrected chi connectivity index (χ4v) is 5.91. The van der Waals surface area contributed by atoms with Gasteiger partial charge in [0.05, 0.1) is 0 Å². The molecule has 0 radical (unpaired) electrons. The Morgan fingerprint density at radius 1 is 0.750 bits per heavy atom. The van der Waals surface area contributed by atoms with E-state index in [2.05, 4.69) is 56.3 Å². The molecule has 0 nitrogen and oxygen atoms in total. The molecule has 142 valence electrons. The van der Waals surface area contributed by atoms with Crippen LogP contribution in [-0.4, -0.2) is 7.85 Å². The molecule has 0 amide bonds. The maximum atomic E-state index is 2.55. The van der Waals surface area contributed by atoms with Crippen LogP contribution in [0.3, 0.4) is 0 Å². The fourth-order valence-electron chi connectivity index (χ4n) is 5.91. The van der Waals surface area contributed by atoms with E-state index in [4.69, 9.17) is 0 Å². The molecule has 1 aliphatic carbocycles. The Bertz CT molecular complexity index is 349. The molecule has 0 aromatic heterocycles. The summed E-state index contributed by atoms with van der Waals surface area (Å²) in [6.45, 7) is 17.1. The van der Waals surface area contributed by atoms with E-state index in [-0.39, 0.29) is 0 Å². The minimum absolute atomic E-state index is 0.550. The zero-order chi connectivity index (χ0) is 18.4. The van der Waals surface area contributed by atoms with Crippen LogP contribution in [0.1, 0.15) is 119 Å². The van der Waals surface area contributed by atoms with Crippen LogP contribution in [0.4, 0.5) is 0 Å². The van der Waals surface area contributed by atoms with Gasteiger partial charge in [-0.2, -0.15) is 0 Å². The van der Waals surface area contributed by atoms with E-state index in [0.717, 1.165) is 11.7 Å². The van der Waals surface area contributed by atoms with Crippen molar-refractivity contribution in [3.8, 4) is 0 Å². The molecule has 0 aliphatic heterocycles. The van der Waals surface area contributed by atoms with Gasteiger partial charge in [-0.15, -0.1) is 0 Å². The smallest absolute Gasteiger partial charge is 0.0649 e. The van der Waals surface area contributed by atoms with Crippen LogP contribution in [0.25, 0.3) is 0 Å². The van der Waals surface area contributed by atoms with Crippen molar-refractivity contribution in [3.63, 3.8) is 0 Å². The lowest BCUT2D eigenvalue weighted by molar-refractivity contribution is 0.217. The fraction of sp³-hybridized carbons (Fsp3) is 1.00. The summed E-state index contributed by atoms with van der Waals surface area (Å²) in [4.78, 5) is 0. The predicted octanol–water partition coefficient (Wildman–Crippen LogP) is 7.43. The highest BCUT2D eigenvalue weighted by molar-refractivity contribution is 6.15. The minimum atomic E-state index is 0.550. The maximum absolute atomic E-state index is 2.55. The Kier molecular flexibility index (Phi) is 8.41. The van der Waals surface area contributed by atoms with Crippen molar-refractivity contribution in [2.75, 3.05) is 0 Å². The second kappa shape index (κ2) is 9.13. The molecular formula is C23H47B. The van der Waals surface area contributed by atoms with Crippen molar-refractivity contribution in [1.29, 1.82) is 0 Å². The monoisotopic (exact) mass is 334 g/mol. The molecule has 1 aliphatic rings. The minimum Gasteiger partial charge on any atom is -0.0649 e. The molecule has 1 fully saturated rings. The van der Waals surface area contributed by atoms with Gasteiger partial charge in [0.1, 0.15) is 7.85 Å². The highest BCUT2D eigenvalue weighted by atomic mass is 14.7. The molecule has 24 heavy (non-hydrogen) atoms. The standard InChI is InChI=1S/C23H47B/c1-8-22(7,9-2)18-16-14-12-13-15-17-21(5,6)19-20(24)23(19,10-3)11-4/h19-20H,8-18,24H2,1-7H3. The van der Waals surface area contributed by atoms with Crippen LogP contribution in [0, 0.1) is 22.2 Å². The first-order chi connectivity index (χ1) is 11.2. The Morgan fingerprint density at radius 3 is 1.62 bits per heavy atom. The van der Waals surface area contributed by atoms with Gasteiger partial charge in [0.25, 0.3) is 0 Å². The normalized spacial score (nSPS) is 23.5. The van der Waals surface area contributed by atoms with E-state index in [1.165, 1.54) is 70.6 Å². The van der Waals surface area contributed by atoms with Crippen LogP contribution < -0.4 is 0 Å². The zero-order valence-electron chi connectivity index (χ0n) is 18.4. The van der Waals surface area contributed by atoms with Gasteiger partial charge in [-0.1, -0.05) is 112 Å². The lowest BCUT2D eigenvalue weighted by Crippen LogP contribution is -2.19. The van der Waals surface area contributed by atoms with E-state index in [1.54, 1.807) is 0 Å². The summed E-state index contributed by atoms with van der Waals surface area (Å²) in [6.07, 6.45) is 15.5. The second-order valence-corrected chi connectivity index (χ2v) is 9.98. The van der Waals surface area contributed by atoms with Crippen molar-refractivity contribution in [1.82, 2.24) is 0 Å². The molecule has 0 aromatic rings. The average molecular weight is 334 g/mol. The highest BCUT2D eigenvalue weighted by Crippen LogP contribution is 2.73. The molecule has 2 unspecified atom stereocenters. The van der Waals surface area contributed by atoms with Crippen LogP contribution in [0.5, 0.6) is 0 Å². The lowest BCUT2D eigenvalue weighted by Gasteiger charge is -2.29. The Balaban J connectivity index is 2.21. The summed E-state index contributed by atoms with van der Waals surface area (Å²) in [7, 11) is 2.51. The van der Waals surface area contributed by atoms with Gasteiger partial charge < -0.3 is 0 Å². The molecule has 0 spiro atoms. The zero-order valence-corrected chi connectivity index (χ0v) is 18.4. The molecule has 0 bridgehead atoms. The van der Waals surface area contributed by atoms with Gasteiger partial charge in [0.2, 0.25) is 0 Å². The molecule has 2 atom stereocenters. The molecule has 1 heteroatoms. The van der Waals surface area contributed by atoms with Gasteiger partial charge in [-0.25, -0.2) is 0 Å². The summed E-state index contributed by atoms with van der Waals surface area (Å²) < 4.78 is 0. The first kappa shape index (κ1) is 22.1. The van der Waals surface area contributed by atoms with Crippen LogP contribution >= 0.6 is 0 Å². The quantitative estimate of drug-likeness (QED) is 0.243. The number of unbranched alkanes of at least 4 members (excludes halogenated alkanes) is 4. The van der Waals surface area contributed by atoms with Crippen molar-refractivity contribution in [3.05, 3.63) is 0 Å². The molecule has 0 heterocycles. The third-order valence-corrected chi connectivity index (χ3v) is 8.38. The SMILES string of the molecule is BC1C(C(C)(C)CCCCCCCC(C)(CC)CC)C1(CC)CC. The first-order valence-corrected chi connectivity index (χ1v) is 11.2. The Labute approximate surface area is 155 Å². The van der Waals surface area contributed by atoms with E-state index in [9.17, 15) is 0 Å². The molecule has 0 N–H and O–H groups in total. The van der Waals surface area contributed by atoms with Crippen molar-refractivity contribution >= 4 is 7.85 Å². The Hall–Kier alpha value is 0.0649. The third-order valence-electron chi connectivity index (χ3n) is 8.38. The van der Waals surface area contributed by atoms with Crippen LogP contribution in [-0.2, 0) is 0 Å². The molecular weight excluding hydrogens is 287 g/mol. The number of hydrogen-bond acceptors (Lipinski definition) is 0. The molecule has 0 aromatic carbocycles. The van der Waals surface area contributed by atoms with E-state index < -0.39 is 0 Å². The van der Waals surface area contributed by atoms with Crippen molar-refractivity contribution in [2.24, 2.45) is 22.2 Å². The lowest BCUT2D eigenvalue weighted by atomic mass is 9.76. The van der Waals surface area contributed by atoms with E-state index >= 15 is 0 Å². The van der Waals surface area contributed by atoms with Gasteiger partial charge in [0, 0.05) is 0 Å². The maximum Gasteiger partial charge on any atom is 0.106 e. The molecule has 0 saturated heterocycles. The summed E-state index contributed by atoms with van der Waals surface area (Å²) >= 11 is 0. The van der Waals surface area contributed by atoms with Crippen LogP contribution in [0.2, 0.25) is 5.82 Å². The average Bonchev–Trinajstić information content (AvgIpc) is 3.19. The summed E-state index contributed by atoms with van der Waals surface area (Å²) in [5, 5.41) is 0. The Morgan fingerprint density at radius 2 is 1.21 bits per heavy atom. The van der Waals surface area contributed by atoms with Crippen LogP contribution in [0.15, 0.2) is 0 Å². The summed E-state index contributed by atoms with van der Waals surface area (Å²) in [5.41, 5.74) is 1.83. The third kappa shape index (κ3) is 5.04.